The van der Waals surface area contributed by atoms with E-state index in [4.69, 9.17) is 0 Å². The minimum Gasteiger partial charge on any atom is -0.388 e. The topological polar surface area (TPSA) is 61.4 Å². The van der Waals surface area contributed by atoms with E-state index < -0.39 is 5.60 Å². The number of anilines is 1. The van der Waals surface area contributed by atoms with Crippen LogP contribution in [-0.4, -0.2) is 23.3 Å². The molecule has 0 aromatic heterocycles. The molecule has 4 nitrogen and oxygen atoms in total. The highest BCUT2D eigenvalue weighted by atomic mass is 19.1. The van der Waals surface area contributed by atoms with E-state index in [9.17, 15) is 14.3 Å². The van der Waals surface area contributed by atoms with Gasteiger partial charge in [0, 0.05) is 12.2 Å². The van der Waals surface area contributed by atoms with Gasteiger partial charge >= 0.3 is 6.03 Å². The lowest BCUT2D eigenvalue weighted by Crippen LogP contribution is -2.42. The summed E-state index contributed by atoms with van der Waals surface area (Å²) in [5.74, 6) is -0.300. The molecule has 1 aromatic rings. The Balaban J connectivity index is 1.85. The molecule has 3 N–H and O–H groups in total. The molecule has 2 amide bonds. The molecule has 104 valence electrons. The van der Waals surface area contributed by atoms with Gasteiger partial charge in [-0.3, -0.25) is 0 Å². The van der Waals surface area contributed by atoms with Crippen LogP contribution in [0.1, 0.15) is 31.2 Å². The van der Waals surface area contributed by atoms with Gasteiger partial charge in [0.15, 0.2) is 0 Å². The molecule has 1 aromatic carbocycles. The van der Waals surface area contributed by atoms with Crippen LogP contribution in [-0.2, 0) is 0 Å². The Kier molecular flexibility index (Phi) is 4.04. The van der Waals surface area contributed by atoms with Crippen LogP contribution in [0.2, 0.25) is 0 Å². The number of carbonyl (C=O) groups is 1. The number of aliphatic hydroxyl groups is 1. The van der Waals surface area contributed by atoms with E-state index in [0.717, 1.165) is 25.7 Å². The SMILES string of the molecule is Cc1cc(NC(=O)NCC2(O)CCCC2)ccc1F. The zero-order valence-corrected chi connectivity index (χ0v) is 11.0. The fourth-order valence-electron chi connectivity index (χ4n) is 2.35. The molecule has 0 unspecified atom stereocenters. The summed E-state index contributed by atoms with van der Waals surface area (Å²) >= 11 is 0. The van der Waals surface area contributed by atoms with Gasteiger partial charge < -0.3 is 15.7 Å². The minimum absolute atomic E-state index is 0.249. The number of halogens is 1. The fraction of sp³-hybridized carbons (Fsp3) is 0.500. The summed E-state index contributed by atoms with van der Waals surface area (Å²) in [6.07, 6.45) is 3.44. The minimum atomic E-state index is -0.768. The molecule has 5 heteroatoms. The highest BCUT2D eigenvalue weighted by molar-refractivity contribution is 5.89. The van der Waals surface area contributed by atoms with Gasteiger partial charge in [-0.05, 0) is 43.5 Å². The van der Waals surface area contributed by atoms with Gasteiger partial charge in [0.1, 0.15) is 5.82 Å². The monoisotopic (exact) mass is 266 g/mol. The summed E-state index contributed by atoms with van der Waals surface area (Å²) < 4.78 is 13.1. The molecular formula is C14H19FN2O2. The van der Waals surface area contributed by atoms with E-state index in [1.807, 2.05) is 0 Å². The zero-order chi connectivity index (χ0) is 13.9. The standard InChI is InChI=1S/C14H19FN2O2/c1-10-8-11(4-5-12(10)15)17-13(18)16-9-14(19)6-2-3-7-14/h4-5,8,19H,2-3,6-7,9H2,1H3,(H2,16,17,18). The van der Waals surface area contributed by atoms with E-state index >= 15 is 0 Å². The smallest absolute Gasteiger partial charge is 0.319 e. The lowest BCUT2D eigenvalue weighted by molar-refractivity contribution is 0.0506. The quantitative estimate of drug-likeness (QED) is 0.787. The van der Waals surface area contributed by atoms with Crippen LogP contribution in [0.3, 0.4) is 0 Å². The van der Waals surface area contributed by atoms with Crippen molar-refractivity contribution in [3.8, 4) is 0 Å². The lowest BCUT2D eigenvalue weighted by Gasteiger charge is -2.22. The highest BCUT2D eigenvalue weighted by Crippen LogP contribution is 2.28. The predicted molar refractivity (Wildman–Crippen MR) is 71.6 cm³/mol. The second kappa shape index (κ2) is 5.57. The van der Waals surface area contributed by atoms with Crippen molar-refractivity contribution in [2.45, 2.75) is 38.2 Å². The van der Waals surface area contributed by atoms with E-state index in [1.54, 1.807) is 13.0 Å². The summed E-state index contributed by atoms with van der Waals surface area (Å²) in [6, 6.07) is 4.01. The van der Waals surface area contributed by atoms with Crippen molar-refractivity contribution in [3.05, 3.63) is 29.6 Å². The Hall–Kier alpha value is -1.62. The molecule has 1 fully saturated rings. The summed E-state index contributed by atoms with van der Waals surface area (Å²) in [6.45, 7) is 1.89. The first kappa shape index (κ1) is 13.8. The first-order valence-corrected chi connectivity index (χ1v) is 6.52. The van der Waals surface area contributed by atoms with Crippen molar-refractivity contribution in [3.63, 3.8) is 0 Å². The molecule has 0 atom stereocenters. The van der Waals surface area contributed by atoms with Gasteiger partial charge in [-0.15, -0.1) is 0 Å². The van der Waals surface area contributed by atoms with Crippen molar-refractivity contribution >= 4 is 11.7 Å². The molecular weight excluding hydrogens is 247 g/mol. The Morgan fingerprint density at radius 2 is 2.11 bits per heavy atom. The van der Waals surface area contributed by atoms with Crippen LogP contribution in [0.4, 0.5) is 14.9 Å². The molecule has 1 aliphatic rings. The van der Waals surface area contributed by atoms with Gasteiger partial charge in [0.25, 0.3) is 0 Å². The zero-order valence-electron chi connectivity index (χ0n) is 11.0. The molecule has 0 radical (unpaired) electrons. The second-order valence-corrected chi connectivity index (χ2v) is 5.20. The number of carbonyl (C=O) groups excluding carboxylic acids is 1. The van der Waals surface area contributed by atoms with Crippen molar-refractivity contribution < 1.29 is 14.3 Å². The van der Waals surface area contributed by atoms with Crippen LogP contribution >= 0.6 is 0 Å². The van der Waals surface area contributed by atoms with Crippen molar-refractivity contribution in [2.75, 3.05) is 11.9 Å². The van der Waals surface area contributed by atoms with Crippen LogP contribution in [0, 0.1) is 12.7 Å². The van der Waals surface area contributed by atoms with Crippen molar-refractivity contribution in [1.29, 1.82) is 0 Å². The third-order valence-corrected chi connectivity index (χ3v) is 3.53. The Morgan fingerprint density at radius 1 is 1.42 bits per heavy atom. The summed E-state index contributed by atoms with van der Waals surface area (Å²) in [5, 5.41) is 15.4. The molecule has 0 saturated heterocycles. The van der Waals surface area contributed by atoms with Crippen LogP contribution in [0.5, 0.6) is 0 Å². The Morgan fingerprint density at radius 3 is 2.74 bits per heavy atom. The molecule has 2 rings (SSSR count). The number of hydrogen-bond acceptors (Lipinski definition) is 2. The third-order valence-electron chi connectivity index (χ3n) is 3.53. The highest BCUT2D eigenvalue weighted by Gasteiger charge is 2.31. The second-order valence-electron chi connectivity index (χ2n) is 5.20. The number of rotatable bonds is 3. The molecule has 0 aliphatic heterocycles. The number of aryl methyl sites for hydroxylation is 1. The predicted octanol–water partition coefficient (Wildman–Crippen LogP) is 2.56. The summed E-state index contributed by atoms with van der Waals surface area (Å²) in [5.41, 5.74) is 0.248. The molecule has 0 bridgehead atoms. The maximum absolute atomic E-state index is 13.1. The van der Waals surface area contributed by atoms with Gasteiger partial charge in [0.05, 0.1) is 5.60 Å². The van der Waals surface area contributed by atoms with Crippen molar-refractivity contribution in [2.24, 2.45) is 0 Å². The van der Waals surface area contributed by atoms with Crippen LogP contribution < -0.4 is 10.6 Å². The first-order chi connectivity index (χ1) is 8.98. The van der Waals surface area contributed by atoms with Gasteiger partial charge in [0.2, 0.25) is 0 Å². The first-order valence-electron chi connectivity index (χ1n) is 6.52. The molecule has 0 spiro atoms. The number of amides is 2. The van der Waals surface area contributed by atoms with E-state index in [2.05, 4.69) is 10.6 Å². The molecule has 0 heterocycles. The number of urea groups is 1. The van der Waals surface area contributed by atoms with Crippen LogP contribution in [0.25, 0.3) is 0 Å². The van der Waals surface area contributed by atoms with Gasteiger partial charge in [-0.25, -0.2) is 9.18 Å². The number of nitrogens with one attached hydrogen (secondary N) is 2. The van der Waals surface area contributed by atoms with E-state index in [1.165, 1.54) is 12.1 Å². The Labute approximate surface area is 112 Å². The normalized spacial score (nSPS) is 17.2. The number of hydrogen-bond donors (Lipinski definition) is 3. The maximum Gasteiger partial charge on any atom is 0.319 e. The van der Waals surface area contributed by atoms with E-state index in [-0.39, 0.29) is 18.4 Å². The summed E-state index contributed by atoms with van der Waals surface area (Å²) in [7, 11) is 0. The van der Waals surface area contributed by atoms with Crippen molar-refractivity contribution in [1.82, 2.24) is 5.32 Å². The average molecular weight is 266 g/mol. The Bertz CT molecular complexity index is 471. The third kappa shape index (κ3) is 3.67. The lowest BCUT2D eigenvalue weighted by atomic mass is 10.0. The maximum atomic E-state index is 13.1. The fourth-order valence-corrected chi connectivity index (χ4v) is 2.35. The molecule has 1 aliphatic carbocycles. The molecule has 19 heavy (non-hydrogen) atoms. The molecule has 1 saturated carbocycles. The van der Waals surface area contributed by atoms with Crippen LogP contribution in [0.15, 0.2) is 18.2 Å². The van der Waals surface area contributed by atoms with E-state index in [0.29, 0.717) is 11.3 Å². The average Bonchev–Trinajstić information content (AvgIpc) is 2.79. The van der Waals surface area contributed by atoms with Gasteiger partial charge in [-0.1, -0.05) is 12.8 Å². The summed E-state index contributed by atoms with van der Waals surface area (Å²) in [4.78, 5) is 11.7. The van der Waals surface area contributed by atoms with Gasteiger partial charge in [-0.2, -0.15) is 0 Å². The number of benzene rings is 1. The largest absolute Gasteiger partial charge is 0.388 e.